The molecular formula is C23H17ClN4. The number of hydrogen-bond donors (Lipinski definition) is 2. The van der Waals surface area contributed by atoms with Crippen LogP contribution in [0.15, 0.2) is 84.9 Å². The molecule has 3 aromatic carbocycles. The number of H-pyrrole nitrogens is 1. The molecule has 0 radical (unpaired) electrons. The first-order valence-corrected chi connectivity index (χ1v) is 9.36. The number of anilines is 1. The van der Waals surface area contributed by atoms with Gasteiger partial charge >= 0.3 is 0 Å². The predicted octanol–water partition coefficient (Wildman–Crippen LogP) is 5.92. The topological polar surface area (TPSA) is 59.6 Å². The molecule has 3 N–H and O–H groups in total. The second-order valence-corrected chi connectivity index (χ2v) is 7.05. The van der Waals surface area contributed by atoms with E-state index in [1.54, 1.807) is 0 Å². The minimum Gasteiger partial charge on any atom is -0.384 e. The average Bonchev–Trinajstić information content (AvgIpc) is 3.30. The van der Waals surface area contributed by atoms with Crippen molar-refractivity contribution < 1.29 is 0 Å². The molecule has 0 fully saturated rings. The molecule has 2 heterocycles. The van der Waals surface area contributed by atoms with Crippen LogP contribution in [-0.4, -0.2) is 14.5 Å². The zero-order valence-electron chi connectivity index (χ0n) is 14.9. The molecule has 5 heteroatoms. The van der Waals surface area contributed by atoms with Crippen molar-refractivity contribution in [2.45, 2.75) is 0 Å². The number of benzene rings is 3. The van der Waals surface area contributed by atoms with E-state index >= 15 is 0 Å². The molecule has 0 unspecified atom stereocenters. The molecular weight excluding hydrogens is 368 g/mol. The molecule has 0 bridgehead atoms. The van der Waals surface area contributed by atoms with Gasteiger partial charge < -0.3 is 10.7 Å². The summed E-state index contributed by atoms with van der Waals surface area (Å²) in [6, 6.07) is 27.9. The van der Waals surface area contributed by atoms with E-state index in [0.717, 1.165) is 39.4 Å². The molecule has 2 aromatic heterocycles. The number of nitrogens with one attached hydrogen (secondary N) is 1. The third-order valence-electron chi connectivity index (χ3n) is 4.84. The second kappa shape index (κ2) is 6.59. The number of rotatable bonds is 3. The molecule has 4 nitrogen and oxygen atoms in total. The van der Waals surface area contributed by atoms with Crippen LogP contribution in [-0.2, 0) is 0 Å². The summed E-state index contributed by atoms with van der Waals surface area (Å²) in [5.41, 5.74) is 12.4. The molecule has 0 amide bonds. The van der Waals surface area contributed by atoms with Gasteiger partial charge in [-0.1, -0.05) is 54.1 Å². The number of nitrogens with zero attached hydrogens (tertiary/aromatic N) is 2. The Labute approximate surface area is 167 Å². The maximum absolute atomic E-state index is 6.64. The van der Waals surface area contributed by atoms with E-state index in [0.29, 0.717) is 10.8 Å². The first-order chi connectivity index (χ1) is 13.7. The molecule has 0 atom stereocenters. The smallest absolute Gasteiger partial charge is 0.142 e. The molecule has 0 aliphatic rings. The summed E-state index contributed by atoms with van der Waals surface area (Å²) in [4.78, 5) is 8.11. The van der Waals surface area contributed by atoms with Crippen LogP contribution in [0.25, 0.3) is 39.4 Å². The van der Waals surface area contributed by atoms with Crippen molar-refractivity contribution in [3.63, 3.8) is 0 Å². The molecule has 0 saturated carbocycles. The Kier molecular flexibility index (Phi) is 3.92. The van der Waals surface area contributed by atoms with E-state index in [-0.39, 0.29) is 0 Å². The predicted molar refractivity (Wildman–Crippen MR) is 116 cm³/mol. The van der Waals surface area contributed by atoms with Crippen LogP contribution in [0.4, 0.5) is 5.82 Å². The lowest BCUT2D eigenvalue weighted by Crippen LogP contribution is -2.02. The van der Waals surface area contributed by atoms with Gasteiger partial charge in [-0.3, -0.25) is 4.57 Å². The molecule has 0 aliphatic heterocycles. The Morgan fingerprint density at radius 3 is 2.32 bits per heavy atom. The van der Waals surface area contributed by atoms with Crippen LogP contribution in [0.1, 0.15) is 0 Å². The molecule has 0 saturated heterocycles. The van der Waals surface area contributed by atoms with Gasteiger partial charge in [-0.05, 0) is 48.0 Å². The van der Waals surface area contributed by atoms with Crippen molar-refractivity contribution in [2.75, 3.05) is 5.73 Å². The van der Waals surface area contributed by atoms with Crippen LogP contribution < -0.4 is 5.73 Å². The number of imidazole rings is 1. The fraction of sp³-hybridized carbons (Fsp3) is 0. The molecule has 0 spiro atoms. The quantitative estimate of drug-likeness (QED) is 0.405. The summed E-state index contributed by atoms with van der Waals surface area (Å²) in [5.74, 6) is 1.38. The Morgan fingerprint density at radius 1 is 0.857 bits per heavy atom. The second-order valence-electron chi connectivity index (χ2n) is 6.61. The minimum absolute atomic E-state index is 0.625. The lowest BCUT2D eigenvalue weighted by atomic mass is 10.1. The van der Waals surface area contributed by atoms with E-state index in [4.69, 9.17) is 22.3 Å². The van der Waals surface area contributed by atoms with Crippen molar-refractivity contribution in [3.05, 3.63) is 90.0 Å². The lowest BCUT2D eigenvalue weighted by Gasteiger charge is -2.12. The molecule has 136 valence electrons. The highest BCUT2D eigenvalue weighted by molar-refractivity contribution is 6.30. The van der Waals surface area contributed by atoms with Gasteiger partial charge in [0.25, 0.3) is 0 Å². The van der Waals surface area contributed by atoms with E-state index in [9.17, 15) is 0 Å². The standard InChI is InChI=1S/C23H17ClN4/c24-16-10-12-17(13-11-16)28-21(15-6-2-1-3-7-15)14-18(22(28)25)23-26-19-8-4-5-9-20(19)27-23/h1-14H,25H2,(H,26,27). The van der Waals surface area contributed by atoms with E-state index in [1.807, 2.05) is 71.3 Å². The Balaban J connectivity index is 1.76. The summed E-state index contributed by atoms with van der Waals surface area (Å²) in [7, 11) is 0. The maximum Gasteiger partial charge on any atom is 0.142 e. The fourth-order valence-corrected chi connectivity index (χ4v) is 3.61. The van der Waals surface area contributed by atoms with Crippen molar-refractivity contribution in [3.8, 4) is 28.3 Å². The summed E-state index contributed by atoms with van der Waals surface area (Å²) in [5, 5.41) is 0.688. The van der Waals surface area contributed by atoms with Crippen LogP contribution in [0.3, 0.4) is 0 Å². The normalized spacial score (nSPS) is 11.2. The zero-order valence-corrected chi connectivity index (χ0v) is 15.7. The third kappa shape index (κ3) is 2.75. The Bertz CT molecular complexity index is 1230. The number of para-hydroxylation sites is 2. The SMILES string of the molecule is Nc1c(-c2nc3ccccc3[nH]2)cc(-c2ccccc2)n1-c1ccc(Cl)cc1. The first kappa shape index (κ1) is 16.7. The lowest BCUT2D eigenvalue weighted by molar-refractivity contribution is 1.10. The first-order valence-electron chi connectivity index (χ1n) is 8.98. The van der Waals surface area contributed by atoms with Crippen LogP contribution in [0.5, 0.6) is 0 Å². The van der Waals surface area contributed by atoms with Crippen LogP contribution in [0.2, 0.25) is 5.02 Å². The average molecular weight is 385 g/mol. The van der Waals surface area contributed by atoms with Gasteiger partial charge in [-0.15, -0.1) is 0 Å². The van der Waals surface area contributed by atoms with Gasteiger partial charge in [0.05, 0.1) is 22.3 Å². The van der Waals surface area contributed by atoms with Gasteiger partial charge in [0.15, 0.2) is 0 Å². The highest BCUT2D eigenvalue weighted by Gasteiger charge is 2.19. The van der Waals surface area contributed by atoms with Gasteiger partial charge in [-0.25, -0.2) is 4.98 Å². The van der Waals surface area contributed by atoms with E-state index in [2.05, 4.69) is 23.2 Å². The summed E-state index contributed by atoms with van der Waals surface area (Å²) >= 11 is 6.09. The van der Waals surface area contributed by atoms with E-state index in [1.165, 1.54) is 0 Å². The van der Waals surface area contributed by atoms with Gasteiger partial charge in [0.1, 0.15) is 11.6 Å². The van der Waals surface area contributed by atoms with Crippen molar-refractivity contribution in [2.24, 2.45) is 0 Å². The number of halogens is 1. The van der Waals surface area contributed by atoms with E-state index < -0.39 is 0 Å². The van der Waals surface area contributed by atoms with Crippen molar-refractivity contribution in [1.29, 1.82) is 0 Å². The minimum atomic E-state index is 0.625. The molecule has 28 heavy (non-hydrogen) atoms. The van der Waals surface area contributed by atoms with Crippen LogP contribution in [0, 0.1) is 0 Å². The monoisotopic (exact) mass is 384 g/mol. The maximum atomic E-state index is 6.64. The number of aromatic amines is 1. The highest BCUT2D eigenvalue weighted by Crippen LogP contribution is 2.36. The summed E-state index contributed by atoms with van der Waals surface area (Å²) in [6.07, 6.45) is 0. The molecule has 5 aromatic rings. The van der Waals surface area contributed by atoms with Gasteiger partial charge in [0.2, 0.25) is 0 Å². The number of nitrogens with two attached hydrogens (primary N) is 1. The van der Waals surface area contributed by atoms with Crippen molar-refractivity contribution in [1.82, 2.24) is 14.5 Å². The highest BCUT2D eigenvalue weighted by atomic mass is 35.5. The summed E-state index contributed by atoms with van der Waals surface area (Å²) in [6.45, 7) is 0. The Morgan fingerprint density at radius 2 is 1.57 bits per heavy atom. The number of fused-ring (bicyclic) bond motifs is 1. The van der Waals surface area contributed by atoms with Gasteiger partial charge in [0, 0.05) is 10.7 Å². The number of aromatic nitrogens is 3. The van der Waals surface area contributed by atoms with Crippen molar-refractivity contribution >= 4 is 28.5 Å². The number of hydrogen-bond acceptors (Lipinski definition) is 2. The third-order valence-corrected chi connectivity index (χ3v) is 5.09. The largest absolute Gasteiger partial charge is 0.384 e. The fourth-order valence-electron chi connectivity index (χ4n) is 3.49. The Hall–Kier alpha value is -3.50. The van der Waals surface area contributed by atoms with Gasteiger partial charge in [-0.2, -0.15) is 0 Å². The number of nitrogen functional groups attached to an aromatic ring is 1. The molecule has 5 rings (SSSR count). The zero-order chi connectivity index (χ0) is 19.1. The molecule has 0 aliphatic carbocycles. The van der Waals surface area contributed by atoms with Crippen LogP contribution >= 0.6 is 11.6 Å². The summed E-state index contributed by atoms with van der Waals surface area (Å²) < 4.78 is 2.04.